The van der Waals surface area contributed by atoms with Crippen LogP contribution >= 0.6 is 0 Å². The van der Waals surface area contributed by atoms with E-state index in [1.165, 1.54) is 42.9 Å². The van der Waals surface area contributed by atoms with Crippen LogP contribution in [0, 0.1) is 5.92 Å². The SMILES string of the molecule is CC[C@@H](C)[C@@H](NC(=O)c1ccccc1NC(=O)c1ccco1)C(=O)NNC(=O)c1ccncc1. The first-order valence-electron chi connectivity index (χ1n) is 10.7. The fourth-order valence-electron chi connectivity index (χ4n) is 3.07. The van der Waals surface area contributed by atoms with Gasteiger partial charge in [-0.15, -0.1) is 0 Å². The third kappa shape index (κ3) is 6.06. The molecular weight excluding hydrogens is 438 g/mol. The number of aromatic nitrogens is 1. The Labute approximate surface area is 196 Å². The summed E-state index contributed by atoms with van der Waals surface area (Å²) in [7, 11) is 0. The molecule has 1 aromatic carbocycles. The highest BCUT2D eigenvalue weighted by atomic mass is 16.3. The molecule has 0 unspecified atom stereocenters. The van der Waals surface area contributed by atoms with Crippen molar-refractivity contribution < 1.29 is 23.6 Å². The summed E-state index contributed by atoms with van der Waals surface area (Å²) in [5, 5.41) is 5.35. The fourth-order valence-corrected chi connectivity index (χ4v) is 3.07. The maximum atomic E-state index is 13.1. The van der Waals surface area contributed by atoms with E-state index >= 15 is 0 Å². The van der Waals surface area contributed by atoms with Crippen LogP contribution in [-0.2, 0) is 4.79 Å². The van der Waals surface area contributed by atoms with Crippen LogP contribution in [-0.4, -0.2) is 34.7 Å². The minimum Gasteiger partial charge on any atom is -0.459 e. The van der Waals surface area contributed by atoms with Gasteiger partial charge in [0.1, 0.15) is 6.04 Å². The zero-order valence-corrected chi connectivity index (χ0v) is 18.7. The average molecular weight is 463 g/mol. The molecular formula is C24H25N5O5. The molecule has 3 rings (SSSR count). The van der Waals surface area contributed by atoms with Crippen LogP contribution in [0.5, 0.6) is 0 Å². The van der Waals surface area contributed by atoms with Crippen LogP contribution < -0.4 is 21.5 Å². The lowest BCUT2D eigenvalue weighted by molar-refractivity contribution is -0.124. The largest absolute Gasteiger partial charge is 0.459 e. The molecule has 10 heteroatoms. The van der Waals surface area contributed by atoms with E-state index in [4.69, 9.17) is 4.42 Å². The Hall–Kier alpha value is -4.47. The quantitative estimate of drug-likeness (QED) is 0.378. The van der Waals surface area contributed by atoms with Gasteiger partial charge >= 0.3 is 0 Å². The molecule has 0 aliphatic carbocycles. The maximum absolute atomic E-state index is 13.1. The van der Waals surface area contributed by atoms with Crippen molar-refractivity contribution in [2.75, 3.05) is 5.32 Å². The number of carbonyl (C=O) groups excluding carboxylic acids is 4. The van der Waals surface area contributed by atoms with Crippen LogP contribution in [0.15, 0.2) is 71.6 Å². The topological polar surface area (TPSA) is 142 Å². The first-order valence-corrected chi connectivity index (χ1v) is 10.7. The van der Waals surface area contributed by atoms with Gasteiger partial charge in [0.15, 0.2) is 5.76 Å². The van der Waals surface area contributed by atoms with Crippen molar-refractivity contribution in [2.24, 2.45) is 5.92 Å². The number of carbonyl (C=O) groups is 4. The number of nitrogens with zero attached hydrogens (tertiary/aromatic N) is 1. The van der Waals surface area contributed by atoms with E-state index < -0.39 is 29.7 Å². The van der Waals surface area contributed by atoms with Crippen molar-refractivity contribution in [1.29, 1.82) is 0 Å². The van der Waals surface area contributed by atoms with Crippen molar-refractivity contribution >= 4 is 29.3 Å². The minimum absolute atomic E-state index is 0.0945. The van der Waals surface area contributed by atoms with E-state index in [0.29, 0.717) is 12.0 Å². The second-order valence-electron chi connectivity index (χ2n) is 7.49. The Morgan fingerprint density at radius 2 is 1.65 bits per heavy atom. The smallest absolute Gasteiger partial charge is 0.291 e. The van der Waals surface area contributed by atoms with Gasteiger partial charge in [-0.05, 0) is 42.3 Å². The van der Waals surface area contributed by atoms with Gasteiger partial charge < -0.3 is 15.1 Å². The van der Waals surface area contributed by atoms with E-state index in [2.05, 4.69) is 26.5 Å². The third-order valence-corrected chi connectivity index (χ3v) is 5.19. The van der Waals surface area contributed by atoms with Gasteiger partial charge in [-0.1, -0.05) is 32.4 Å². The number of amides is 4. The molecule has 0 aliphatic heterocycles. The second-order valence-corrected chi connectivity index (χ2v) is 7.49. The predicted octanol–water partition coefficient (Wildman–Crippen LogP) is 2.53. The Balaban J connectivity index is 1.70. The lowest BCUT2D eigenvalue weighted by Gasteiger charge is -2.24. The van der Waals surface area contributed by atoms with Gasteiger partial charge in [0, 0.05) is 18.0 Å². The second kappa shape index (κ2) is 11.4. The van der Waals surface area contributed by atoms with Crippen LogP contribution in [0.1, 0.15) is 51.5 Å². The minimum atomic E-state index is -0.941. The molecule has 0 bridgehead atoms. The standard InChI is InChI=1S/C24H25N5O5/c1-3-15(2)20(24(33)29-28-21(30)16-10-12-25-13-11-16)27-22(31)17-7-4-5-8-18(17)26-23(32)19-9-6-14-34-19/h4-15,20H,3H2,1-2H3,(H,26,32)(H,27,31)(H,28,30)(H,29,33)/t15-,20-/m1/s1. The molecule has 0 fully saturated rings. The monoisotopic (exact) mass is 463 g/mol. The number of furan rings is 1. The Morgan fingerprint density at radius 3 is 2.32 bits per heavy atom. The molecule has 10 nitrogen and oxygen atoms in total. The van der Waals surface area contributed by atoms with Crippen molar-refractivity contribution in [1.82, 2.24) is 21.2 Å². The summed E-state index contributed by atoms with van der Waals surface area (Å²) < 4.78 is 5.08. The number of hydrazine groups is 1. The molecule has 4 N–H and O–H groups in total. The van der Waals surface area contributed by atoms with Crippen LogP contribution in [0.4, 0.5) is 5.69 Å². The molecule has 2 aromatic heterocycles. The van der Waals surface area contributed by atoms with E-state index in [-0.39, 0.29) is 22.9 Å². The molecule has 0 aliphatic rings. The average Bonchev–Trinajstić information content (AvgIpc) is 3.41. The molecule has 0 radical (unpaired) electrons. The van der Waals surface area contributed by atoms with Crippen molar-refractivity contribution in [2.45, 2.75) is 26.3 Å². The molecule has 0 saturated heterocycles. The van der Waals surface area contributed by atoms with Crippen LogP contribution in [0.3, 0.4) is 0 Å². The zero-order valence-electron chi connectivity index (χ0n) is 18.7. The first kappa shape index (κ1) is 24.2. The van der Waals surface area contributed by atoms with Crippen LogP contribution in [0.2, 0.25) is 0 Å². The molecule has 2 heterocycles. The highest BCUT2D eigenvalue weighted by Gasteiger charge is 2.28. The number of nitrogens with one attached hydrogen (secondary N) is 4. The summed E-state index contributed by atoms with van der Waals surface area (Å²) in [5.74, 6) is -2.32. The van der Waals surface area contributed by atoms with E-state index in [1.807, 2.05) is 6.92 Å². The number of pyridine rings is 1. The van der Waals surface area contributed by atoms with Gasteiger partial charge in [0.2, 0.25) is 0 Å². The lowest BCUT2D eigenvalue weighted by atomic mass is 9.98. The zero-order chi connectivity index (χ0) is 24.5. The van der Waals surface area contributed by atoms with E-state index in [9.17, 15) is 19.2 Å². The summed E-state index contributed by atoms with van der Waals surface area (Å²) in [6.45, 7) is 3.68. The van der Waals surface area contributed by atoms with Gasteiger partial charge in [-0.3, -0.25) is 35.0 Å². The van der Waals surface area contributed by atoms with Gasteiger partial charge in [0.05, 0.1) is 17.5 Å². The Morgan fingerprint density at radius 1 is 0.912 bits per heavy atom. The number of anilines is 1. The maximum Gasteiger partial charge on any atom is 0.291 e. The third-order valence-electron chi connectivity index (χ3n) is 5.19. The molecule has 3 aromatic rings. The fraction of sp³-hybridized carbons (Fsp3) is 0.208. The highest BCUT2D eigenvalue weighted by molar-refractivity contribution is 6.08. The molecule has 176 valence electrons. The highest BCUT2D eigenvalue weighted by Crippen LogP contribution is 2.18. The number of para-hydroxylation sites is 1. The summed E-state index contributed by atoms with van der Waals surface area (Å²) in [5.41, 5.74) is 5.45. The Kier molecular flexibility index (Phi) is 8.11. The van der Waals surface area contributed by atoms with Crippen molar-refractivity contribution in [3.05, 3.63) is 84.1 Å². The molecule has 34 heavy (non-hydrogen) atoms. The summed E-state index contributed by atoms with van der Waals surface area (Å²) in [6.07, 6.45) is 4.88. The summed E-state index contributed by atoms with van der Waals surface area (Å²) in [4.78, 5) is 54.3. The lowest BCUT2D eigenvalue weighted by Crippen LogP contribution is -2.54. The Bertz CT molecular complexity index is 1150. The number of benzene rings is 1. The van der Waals surface area contributed by atoms with E-state index in [1.54, 1.807) is 31.2 Å². The molecule has 0 spiro atoms. The van der Waals surface area contributed by atoms with Crippen molar-refractivity contribution in [3.8, 4) is 0 Å². The molecule has 2 atom stereocenters. The molecule has 0 saturated carbocycles. The van der Waals surface area contributed by atoms with Gasteiger partial charge in [0.25, 0.3) is 23.6 Å². The summed E-state index contributed by atoms with van der Waals surface area (Å²) in [6, 6.07) is 11.6. The first-order chi connectivity index (χ1) is 16.4. The number of hydrogen-bond donors (Lipinski definition) is 4. The predicted molar refractivity (Wildman–Crippen MR) is 124 cm³/mol. The normalized spacial score (nSPS) is 12.2. The van der Waals surface area contributed by atoms with Crippen molar-refractivity contribution in [3.63, 3.8) is 0 Å². The molecule has 4 amide bonds. The van der Waals surface area contributed by atoms with Gasteiger partial charge in [-0.2, -0.15) is 0 Å². The van der Waals surface area contributed by atoms with E-state index in [0.717, 1.165) is 0 Å². The van der Waals surface area contributed by atoms with Gasteiger partial charge in [-0.25, -0.2) is 0 Å². The number of rotatable bonds is 8. The number of hydrogen-bond acceptors (Lipinski definition) is 6. The summed E-state index contributed by atoms with van der Waals surface area (Å²) >= 11 is 0. The van der Waals surface area contributed by atoms with Crippen LogP contribution in [0.25, 0.3) is 0 Å².